The van der Waals surface area contributed by atoms with Gasteiger partial charge in [-0.25, -0.2) is 0 Å². The topological polar surface area (TPSA) is 73.8 Å². The summed E-state index contributed by atoms with van der Waals surface area (Å²) in [6.45, 7) is 2.75. The minimum absolute atomic E-state index is 0.0330. The summed E-state index contributed by atoms with van der Waals surface area (Å²) >= 11 is 1.49. The summed E-state index contributed by atoms with van der Waals surface area (Å²) in [6.07, 6.45) is 0.144. The molecular weight excluding hydrogens is 400 g/mol. The number of anilines is 1. The predicted molar refractivity (Wildman–Crippen MR) is 115 cm³/mol. The van der Waals surface area contributed by atoms with Crippen LogP contribution in [0.4, 0.5) is 5.82 Å². The lowest BCUT2D eigenvalue weighted by Gasteiger charge is -2.35. The molecule has 3 aromatic rings. The molecule has 0 spiro atoms. The van der Waals surface area contributed by atoms with Crippen molar-refractivity contribution in [3.05, 3.63) is 59.7 Å². The standard InChI is InChI=1S/C22H20N4O3S/c27-19(9-10-26-21(28)15-5-1-2-6-16(15)22(26)29)24-11-13-25(14-12-24)20-17-7-3-4-8-18(17)30-23-20/h1-8H,9-14H2. The van der Waals surface area contributed by atoms with Crippen LogP contribution in [0.5, 0.6) is 0 Å². The Hall–Kier alpha value is -3.26. The van der Waals surface area contributed by atoms with Crippen molar-refractivity contribution in [1.29, 1.82) is 0 Å². The first-order valence-corrected chi connectivity index (χ1v) is 10.7. The first-order valence-electron chi connectivity index (χ1n) is 9.96. The minimum atomic E-state index is -0.316. The molecule has 0 saturated carbocycles. The molecule has 0 bridgehead atoms. The van der Waals surface area contributed by atoms with Crippen LogP contribution in [0.25, 0.3) is 10.1 Å². The van der Waals surface area contributed by atoms with Gasteiger partial charge in [-0.15, -0.1) is 0 Å². The smallest absolute Gasteiger partial charge is 0.261 e. The van der Waals surface area contributed by atoms with Crippen LogP contribution in [0, 0.1) is 0 Å². The number of piperazine rings is 1. The Labute approximate surface area is 177 Å². The van der Waals surface area contributed by atoms with E-state index in [0.717, 1.165) is 15.9 Å². The van der Waals surface area contributed by atoms with Crippen molar-refractivity contribution >= 4 is 45.2 Å². The molecule has 3 amide bonds. The van der Waals surface area contributed by atoms with Crippen LogP contribution in [0.2, 0.25) is 0 Å². The second-order valence-corrected chi connectivity index (χ2v) is 8.23. The fourth-order valence-electron chi connectivity index (χ4n) is 4.08. The molecular formula is C22H20N4O3S. The third-order valence-electron chi connectivity index (χ3n) is 5.72. The van der Waals surface area contributed by atoms with Gasteiger partial charge in [0.05, 0.1) is 15.8 Å². The van der Waals surface area contributed by atoms with E-state index < -0.39 is 0 Å². The molecule has 1 saturated heterocycles. The van der Waals surface area contributed by atoms with E-state index in [9.17, 15) is 14.4 Å². The normalized spacial score (nSPS) is 16.5. The van der Waals surface area contributed by atoms with Crippen LogP contribution in [-0.4, -0.2) is 64.6 Å². The highest BCUT2D eigenvalue weighted by Gasteiger charge is 2.35. The SMILES string of the molecule is O=C(CCN1C(=O)c2ccccc2C1=O)N1CCN(c2nsc3ccccc23)CC1. The third kappa shape index (κ3) is 3.13. The molecule has 2 aliphatic heterocycles. The van der Waals surface area contributed by atoms with Crippen LogP contribution in [0.1, 0.15) is 27.1 Å². The van der Waals surface area contributed by atoms with Gasteiger partial charge in [-0.3, -0.25) is 19.3 Å². The molecule has 0 atom stereocenters. The van der Waals surface area contributed by atoms with Crippen molar-refractivity contribution < 1.29 is 14.4 Å². The summed E-state index contributed by atoms with van der Waals surface area (Å²) in [6, 6.07) is 14.9. The molecule has 5 rings (SSSR count). The first kappa shape index (κ1) is 18.7. The molecule has 152 valence electrons. The van der Waals surface area contributed by atoms with Gasteiger partial charge in [-0.05, 0) is 35.8 Å². The van der Waals surface area contributed by atoms with E-state index in [2.05, 4.69) is 21.4 Å². The van der Waals surface area contributed by atoms with Gasteiger partial charge in [0.25, 0.3) is 11.8 Å². The number of aromatic nitrogens is 1. The van der Waals surface area contributed by atoms with Gasteiger partial charge in [0, 0.05) is 44.5 Å². The van der Waals surface area contributed by atoms with E-state index in [1.165, 1.54) is 16.4 Å². The number of fused-ring (bicyclic) bond motifs is 2. The molecule has 7 nitrogen and oxygen atoms in total. The molecule has 0 aliphatic carbocycles. The van der Waals surface area contributed by atoms with Crippen molar-refractivity contribution in [3.8, 4) is 0 Å². The van der Waals surface area contributed by atoms with E-state index >= 15 is 0 Å². The van der Waals surface area contributed by atoms with Gasteiger partial charge < -0.3 is 9.80 Å². The van der Waals surface area contributed by atoms with Crippen LogP contribution >= 0.6 is 11.5 Å². The number of hydrogen-bond donors (Lipinski definition) is 0. The molecule has 1 fully saturated rings. The van der Waals surface area contributed by atoms with Crippen molar-refractivity contribution in [3.63, 3.8) is 0 Å². The quantitative estimate of drug-likeness (QED) is 0.607. The van der Waals surface area contributed by atoms with Gasteiger partial charge in [0.15, 0.2) is 0 Å². The van der Waals surface area contributed by atoms with Gasteiger partial charge in [-0.1, -0.05) is 24.3 Å². The first-order chi connectivity index (χ1) is 14.6. The zero-order valence-corrected chi connectivity index (χ0v) is 17.1. The molecule has 1 aromatic heterocycles. The van der Waals surface area contributed by atoms with Crippen molar-refractivity contribution in [2.45, 2.75) is 6.42 Å². The number of rotatable bonds is 4. The number of nitrogens with zero attached hydrogens (tertiary/aromatic N) is 4. The Morgan fingerprint density at radius 1 is 0.900 bits per heavy atom. The Bertz CT molecular complexity index is 1110. The van der Waals surface area contributed by atoms with Crippen LogP contribution in [0.3, 0.4) is 0 Å². The Kier molecular flexibility index (Phi) is 4.71. The lowest BCUT2D eigenvalue weighted by atomic mass is 10.1. The highest BCUT2D eigenvalue weighted by molar-refractivity contribution is 7.13. The number of hydrogen-bond acceptors (Lipinski definition) is 6. The molecule has 8 heteroatoms. The van der Waals surface area contributed by atoms with Crippen molar-refractivity contribution in [2.24, 2.45) is 0 Å². The molecule has 0 unspecified atom stereocenters. The number of amides is 3. The molecule has 2 aromatic carbocycles. The van der Waals surface area contributed by atoms with Gasteiger partial charge >= 0.3 is 0 Å². The summed E-state index contributed by atoms with van der Waals surface area (Å²) in [5.41, 5.74) is 0.832. The van der Waals surface area contributed by atoms with Crippen molar-refractivity contribution in [2.75, 3.05) is 37.6 Å². The Balaban J connectivity index is 1.18. The average Bonchev–Trinajstić information content (AvgIpc) is 3.32. The molecule has 0 radical (unpaired) electrons. The summed E-state index contributed by atoms with van der Waals surface area (Å²) in [5, 5.41) is 1.15. The lowest BCUT2D eigenvalue weighted by Crippen LogP contribution is -2.49. The highest BCUT2D eigenvalue weighted by Crippen LogP contribution is 2.30. The van der Waals surface area contributed by atoms with E-state index in [0.29, 0.717) is 37.3 Å². The van der Waals surface area contributed by atoms with E-state index in [1.807, 2.05) is 17.0 Å². The average molecular weight is 420 g/mol. The maximum Gasteiger partial charge on any atom is 0.261 e. The maximum absolute atomic E-state index is 12.7. The summed E-state index contributed by atoms with van der Waals surface area (Å²) in [7, 11) is 0. The fourth-order valence-corrected chi connectivity index (χ4v) is 4.87. The predicted octanol–water partition coefficient (Wildman–Crippen LogP) is 2.63. The molecule has 3 heterocycles. The fraction of sp³-hybridized carbons (Fsp3) is 0.273. The Morgan fingerprint density at radius 3 is 2.23 bits per heavy atom. The van der Waals surface area contributed by atoms with E-state index in [4.69, 9.17) is 0 Å². The van der Waals surface area contributed by atoms with E-state index in [1.54, 1.807) is 24.3 Å². The van der Waals surface area contributed by atoms with Crippen LogP contribution < -0.4 is 4.90 Å². The maximum atomic E-state index is 12.7. The second kappa shape index (κ2) is 7.53. The van der Waals surface area contributed by atoms with Crippen LogP contribution in [-0.2, 0) is 4.79 Å². The number of benzene rings is 2. The molecule has 30 heavy (non-hydrogen) atoms. The zero-order chi connectivity index (χ0) is 20.7. The minimum Gasteiger partial charge on any atom is -0.352 e. The molecule has 2 aliphatic rings. The number of imide groups is 1. The van der Waals surface area contributed by atoms with Gasteiger partial charge in [-0.2, -0.15) is 4.37 Å². The zero-order valence-electron chi connectivity index (χ0n) is 16.3. The summed E-state index contributed by atoms with van der Waals surface area (Å²) in [5.74, 6) is 0.315. The lowest BCUT2D eigenvalue weighted by molar-refractivity contribution is -0.131. The van der Waals surface area contributed by atoms with Gasteiger partial charge in [0.1, 0.15) is 5.82 Å². The largest absolute Gasteiger partial charge is 0.352 e. The molecule has 0 N–H and O–H groups in total. The summed E-state index contributed by atoms with van der Waals surface area (Å²) in [4.78, 5) is 42.8. The van der Waals surface area contributed by atoms with Crippen molar-refractivity contribution in [1.82, 2.24) is 14.2 Å². The summed E-state index contributed by atoms with van der Waals surface area (Å²) < 4.78 is 5.76. The number of carbonyl (C=O) groups is 3. The second-order valence-electron chi connectivity index (χ2n) is 7.43. The monoisotopic (exact) mass is 420 g/mol. The van der Waals surface area contributed by atoms with E-state index in [-0.39, 0.29) is 30.7 Å². The number of carbonyl (C=O) groups excluding carboxylic acids is 3. The third-order valence-corrected chi connectivity index (χ3v) is 6.53. The van der Waals surface area contributed by atoms with Crippen LogP contribution in [0.15, 0.2) is 48.5 Å². The van der Waals surface area contributed by atoms with Gasteiger partial charge in [0.2, 0.25) is 5.91 Å². The Morgan fingerprint density at radius 2 is 1.53 bits per heavy atom. The highest BCUT2D eigenvalue weighted by atomic mass is 32.1.